The van der Waals surface area contributed by atoms with Crippen molar-refractivity contribution >= 4 is 40.5 Å². The summed E-state index contributed by atoms with van der Waals surface area (Å²) in [5, 5.41) is 13.7. The van der Waals surface area contributed by atoms with Gasteiger partial charge in [-0.05, 0) is 18.2 Å². The first-order valence-electron chi connectivity index (χ1n) is 6.61. The summed E-state index contributed by atoms with van der Waals surface area (Å²) in [6, 6.07) is 9.19. The Labute approximate surface area is 147 Å². The molecule has 7 nitrogen and oxygen atoms in total. The molecule has 0 heterocycles. The van der Waals surface area contributed by atoms with Gasteiger partial charge < -0.3 is 14.8 Å². The predicted octanol–water partition coefficient (Wildman–Crippen LogP) is 3.93. The van der Waals surface area contributed by atoms with Gasteiger partial charge in [0.25, 0.3) is 5.91 Å². The maximum Gasteiger partial charge on any atom is 0.314 e. The Kier molecular flexibility index (Phi) is 5.83. The number of hydrogen-bond acceptors (Lipinski definition) is 5. The smallest absolute Gasteiger partial charge is 0.314 e. The number of rotatable bonds is 6. The molecule has 2 aromatic carbocycles. The highest BCUT2D eigenvalue weighted by Gasteiger charge is 2.21. The van der Waals surface area contributed by atoms with Crippen LogP contribution in [0, 0.1) is 10.1 Å². The van der Waals surface area contributed by atoms with Crippen LogP contribution >= 0.6 is 23.2 Å². The van der Waals surface area contributed by atoms with Crippen molar-refractivity contribution < 1.29 is 19.2 Å². The Balaban J connectivity index is 2.11. The van der Waals surface area contributed by atoms with Crippen LogP contribution < -0.4 is 14.8 Å². The molecule has 9 heteroatoms. The van der Waals surface area contributed by atoms with Gasteiger partial charge in [0.15, 0.2) is 6.61 Å². The third-order valence-corrected chi connectivity index (χ3v) is 3.41. The maximum absolute atomic E-state index is 12.0. The number of ether oxygens (including phenoxy) is 2. The highest BCUT2D eigenvalue weighted by atomic mass is 35.5. The third kappa shape index (κ3) is 4.27. The van der Waals surface area contributed by atoms with Gasteiger partial charge in [0.1, 0.15) is 5.75 Å². The minimum absolute atomic E-state index is 0.0562. The van der Waals surface area contributed by atoms with Crippen molar-refractivity contribution in [3.63, 3.8) is 0 Å². The van der Waals surface area contributed by atoms with Crippen LogP contribution in [0.4, 0.5) is 11.4 Å². The van der Waals surface area contributed by atoms with E-state index in [9.17, 15) is 14.9 Å². The van der Waals surface area contributed by atoms with Crippen molar-refractivity contribution in [2.45, 2.75) is 0 Å². The molecule has 1 N–H and O–H groups in total. The topological polar surface area (TPSA) is 90.7 Å². The third-order valence-electron chi connectivity index (χ3n) is 2.91. The number of nitrogens with zero attached hydrogens (tertiary/aromatic N) is 1. The van der Waals surface area contributed by atoms with Gasteiger partial charge in [-0.3, -0.25) is 14.9 Å². The molecule has 24 heavy (non-hydrogen) atoms. The summed E-state index contributed by atoms with van der Waals surface area (Å²) in [6.07, 6.45) is 0. The fourth-order valence-electron chi connectivity index (χ4n) is 1.90. The van der Waals surface area contributed by atoms with Gasteiger partial charge in [0.2, 0.25) is 5.75 Å². The van der Waals surface area contributed by atoms with Crippen LogP contribution in [0.3, 0.4) is 0 Å². The predicted molar refractivity (Wildman–Crippen MR) is 90.2 cm³/mol. The molecule has 0 spiro atoms. The van der Waals surface area contributed by atoms with E-state index in [1.54, 1.807) is 24.3 Å². The van der Waals surface area contributed by atoms with Crippen molar-refractivity contribution in [2.75, 3.05) is 19.0 Å². The molecule has 0 aliphatic carbocycles. The minimum atomic E-state index is -0.689. The van der Waals surface area contributed by atoms with Gasteiger partial charge in [-0.1, -0.05) is 35.3 Å². The lowest BCUT2D eigenvalue weighted by atomic mass is 10.3. The van der Waals surface area contributed by atoms with E-state index in [2.05, 4.69) is 5.32 Å². The van der Waals surface area contributed by atoms with Crippen LogP contribution in [-0.2, 0) is 4.79 Å². The number of hydrogen-bond donors (Lipinski definition) is 1. The summed E-state index contributed by atoms with van der Waals surface area (Å²) in [7, 11) is 1.47. The van der Waals surface area contributed by atoms with Crippen LogP contribution in [0.25, 0.3) is 0 Å². The lowest BCUT2D eigenvalue weighted by molar-refractivity contribution is -0.385. The molecule has 0 radical (unpaired) electrons. The number of amides is 1. The highest BCUT2D eigenvalue weighted by molar-refractivity contribution is 6.36. The van der Waals surface area contributed by atoms with E-state index >= 15 is 0 Å². The second-order valence-corrected chi connectivity index (χ2v) is 5.37. The van der Waals surface area contributed by atoms with E-state index in [0.717, 1.165) is 6.07 Å². The zero-order chi connectivity index (χ0) is 17.7. The van der Waals surface area contributed by atoms with Gasteiger partial charge in [0, 0.05) is 11.1 Å². The second-order valence-electron chi connectivity index (χ2n) is 4.53. The molecular weight excluding hydrogens is 359 g/mol. The molecule has 0 saturated carbocycles. The van der Waals surface area contributed by atoms with Crippen molar-refractivity contribution in [2.24, 2.45) is 0 Å². The number of para-hydroxylation sites is 2. The number of nitrogens with one attached hydrogen (secondary N) is 1. The molecule has 2 aromatic rings. The number of carbonyl (C=O) groups is 1. The fourth-order valence-corrected chi connectivity index (χ4v) is 2.43. The van der Waals surface area contributed by atoms with Crippen LogP contribution in [0.5, 0.6) is 11.5 Å². The van der Waals surface area contributed by atoms with Crippen LogP contribution in [0.15, 0.2) is 36.4 Å². The van der Waals surface area contributed by atoms with E-state index in [4.69, 9.17) is 32.7 Å². The van der Waals surface area contributed by atoms with E-state index in [0.29, 0.717) is 11.4 Å². The first-order chi connectivity index (χ1) is 11.4. The number of halogens is 2. The van der Waals surface area contributed by atoms with E-state index in [-0.39, 0.29) is 15.8 Å². The average Bonchev–Trinajstić information content (AvgIpc) is 2.53. The van der Waals surface area contributed by atoms with E-state index < -0.39 is 23.1 Å². The average molecular weight is 371 g/mol. The van der Waals surface area contributed by atoms with Gasteiger partial charge in [0.05, 0.1) is 22.7 Å². The zero-order valence-corrected chi connectivity index (χ0v) is 13.9. The SMILES string of the molecule is COc1ccccc1NC(=O)COc1c(Cl)cc(Cl)cc1[N+](=O)[O-]. The number of nitro groups is 1. The van der Waals surface area contributed by atoms with Crippen LogP contribution in [0.2, 0.25) is 10.0 Å². The standard InChI is InChI=1S/C15H12Cl2N2O5/c1-23-13-5-3-2-4-11(13)18-14(20)8-24-15-10(17)6-9(16)7-12(15)19(21)22/h2-7H,8H2,1H3,(H,18,20). The molecule has 0 aromatic heterocycles. The van der Waals surface area contributed by atoms with Crippen molar-refractivity contribution in [1.29, 1.82) is 0 Å². The highest BCUT2D eigenvalue weighted by Crippen LogP contribution is 2.37. The molecule has 0 aliphatic rings. The molecule has 2 rings (SSSR count). The normalized spacial score (nSPS) is 10.1. The molecule has 0 fully saturated rings. The molecule has 0 unspecified atom stereocenters. The first kappa shape index (κ1) is 17.8. The Bertz CT molecular complexity index is 782. The number of nitro benzene ring substituents is 1. The van der Waals surface area contributed by atoms with Crippen LogP contribution in [0.1, 0.15) is 0 Å². The molecule has 0 bridgehead atoms. The summed E-state index contributed by atoms with van der Waals surface area (Å²) in [6.45, 7) is -0.472. The van der Waals surface area contributed by atoms with Crippen molar-refractivity contribution in [1.82, 2.24) is 0 Å². The summed E-state index contributed by atoms with van der Waals surface area (Å²) in [5.74, 6) is -0.276. The van der Waals surface area contributed by atoms with E-state index in [1.165, 1.54) is 13.2 Å². The number of benzene rings is 2. The molecule has 0 aliphatic heterocycles. The fraction of sp³-hybridized carbons (Fsp3) is 0.133. The quantitative estimate of drug-likeness (QED) is 0.614. The van der Waals surface area contributed by atoms with Crippen LogP contribution in [-0.4, -0.2) is 24.5 Å². The summed E-state index contributed by atoms with van der Waals surface area (Å²) >= 11 is 11.6. The van der Waals surface area contributed by atoms with Crippen molar-refractivity contribution in [3.05, 3.63) is 56.6 Å². The number of carbonyl (C=O) groups excluding carboxylic acids is 1. The molecule has 1 amide bonds. The summed E-state index contributed by atoms with van der Waals surface area (Å²) in [4.78, 5) is 22.3. The summed E-state index contributed by atoms with van der Waals surface area (Å²) < 4.78 is 10.3. The Morgan fingerprint density at radius 1 is 1.29 bits per heavy atom. The largest absolute Gasteiger partial charge is 0.495 e. The van der Waals surface area contributed by atoms with Gasteiger partial charge in [-0.2, -0.15) is 0 Å². The minimum Gasteiger partial charge on any atom is -0.495 e. The van der Waals surface area contributed by atoms with Crippen molar-refractivity contribution in [3.8, 4) is 11.5 Å². The van der Waals surface area contributed by atoms with Gasteiger partial charge in [-0.25, -0.2) is 0 Å². The molecule has 126 valence electrons. The molecular formula is C15H12Cl2N2O5. The molecule has 0 atom stereocenters. The zero-order valence-electron chi connectivity index (χ0n) is 12.4. The summed E-state index contributed by atoms with van der Waals surface area (Å²) in [5.41, 5.74) is 0.0305. The molecule has 0 saturated heterocycles. The maximum atomic E-state index is 12.0. The Morgan fingerprint density at radius 3 is 2.67 bits per heavy atom. The van der Waals surface area contributed by atoms with Gasteiger partial charge in [-0.15, -0.1) is 0 Å². The second kappa shape index (κ2) is 7.85. The lowest BCUT2D eigenvalue weighted by Gasteiger charge is -2.11. The Hall–Kier alpha value is -2.51. The van der Waals surface area contributed by atoms with E-state index in [1.807, 2.05) is 0 Å². The number of anilines is 1. The first-order valence-corrected chi connectivity index (χ1v) is 7.37. The number of methoxy groups -OCH3 is 1. The monoisotopic (exact) mass is 370 g/mol. The Morgan fingerprint density at radius 2 is 2.00 bits per heavy atom. The van der Waals surface area contributed by atoms with Gasteiger partial charge >= 0.3 is 5.69 Å². The lowest BCUT2D eigenvalue weighted by Crippen LogP contribution is -2.21.